The van der Waals surface area contributed by atoms with Gasteiger partial charge in [-0.2, -0.15) is 4.98 Å². The van der Waals surface area contributed by atoms with E-state index in [0.29, 0.717) is 47.4 Å². The molecule has 4 heterocycles. The molecule has 0 N–H and O–H groups in total. The van der Waals surface area contributed by atoms with Crippen LogP contribution in [0.15, 0.2) is 30.5 Å². The Morgan fingerprint density at radius 1 is 0.941 bits per heavy atom. The fourth-order valence-electron chi connectivity index (χ4n) is 4.04. The Balaban J connectivity index is 1.64. The van der Waals surface area contributed by atoms with Gasteiger partial charge in [-0.05, 0) is 45.9 Å². The first-order valence-corrected chi connectivity index (χ1v) is 11.0. The van der Waals surface area contributed by atoms with E-state index in [9.17, 15) is 8.78 Å². The highest BCUT2D eigenvalue weighted by molar-refractivity contribution is 5.88. The summed E-state index contributed by atoms with van der Waals surface area (Å²) in [6, 6.07) is 5.22. The molecule has 0 saturated carbocycles. The Morgan fingerprint density at radius 3 is 2.50 bits per heavy atom. The monoisotopic (exact) mass is 463 g/mol. The topological polar surface area (TPSA) is 89.8 Å². The SMILES string of the molecule is Cc1nccc([C@H]2CN(c3nc(-c4ccc(F)cc4F)c4nc(C)c(C)nc4n3)C[C@@H](C)O2)n1. The van der Waals surface area contributed by atoms with Crippen molar-refractivity contribution >= 4 is 17.1 Å². The smallest absolute Gasteiger partial charge is 0.228 e. The van der Waals surface area contributed by atoms with Crippen LogP contribution in [0.25, 0.3) is 22.4 Å². The zero-order chi connectivity index (χ0) is 24.0. The molecule has 0 amide bonds. The highest BCUT2D eigenvalue weighted by Crippen LogP contribution is 2.32. The minimum atomic E-state index is -0.726. The van der Waals surface area contributed by atoms with Gasteiger partial charge in [0.1, 0.15) is 34.8 Å². The largest absolute Gasteiger partial charge is 0.365 e. The number of hydrogen-bond acceptors (Lipinski definition) is 8. The third-order valence-electron chi connectivity index (χ3n) is 5.79. The van der Waals surface area contributed by atoms with Crippen LogP contribution >= 0.6 is 0 Å². The minimum absolute atomic E-state index is 0.134. The van der Waals surface area contributed by atoms with Gasteiger partial charge in [0.2, 0.25) is 5.95 Å². The number of hydrogen-bond donors (Lipinski definition) is 0. The van der Waals surface area contributed by atoms with Gasteiger partial charge in [0.05, 0.1) is 29.7 Å². The maximum Gasteiger partial charge on any atom is 0.228 e. The highest BCUT2D eigenvalue weighted by Gasteiger charge is 2.30. The normalized spacial score (nSPS) is 18.5. The molecule has 174 valence electrons. The Bertz CT molecular complexity index is 1400. The number of anilines is 1. The van der Waals surface area contributed by atoms with Gasteiger partial charge in [-0.15, -0.1) is 0 Å². The molecule has 8 nitrogen and oxygen atoms in total. The molecule has 3 aromatic heterocycles. The van der Waals surface area contributed by atoms with E-state index >= 15 is 0 Å². The lowest BCUT2D eigenvalue weighted by Crippen LogP contribution is -2.44. The van der Waals surface area contributed by atoms with Gasteiger partial charge in [0.25, 0.3) is 0 Å². The highest BCUT2D eigenvalue weighted by atomic mass is 19.1. The number of ether oxygens (including phenoxy) is 1. The van der Waals surface area contributed by atoms with Crippen LogP contribution in [0.2, 0.25) is 0 Å². The molecule has 0 unspecified atom stereocenters. The summed E-state index contributed by atoms with van der Waals surface area (Å²) in [4.78, 5) is 29.2. The molecule has 1 saturated heterocycles. The summed E-state index contributed by atoms with van der Waals surface area (Å²) < 4.78 is 34.5. The van der Waals surface area contributed by atoms with E-state index in [4.69, 9.17) is 9.72 Å². The number of benzene rings is 1. The number of aromatic nitrogens is 6. The predicted octanol–water partition coefficient (Wildman–Crippen LogP) is 4.05. The van der Waals surface area contributed by atoms with E-state index in [2.05, 4.69) is 24.9 Å². The van der Waals surface area contributed by atoms with Crippen LogP contribution in [0.3, 0.4) is 0 Å². The molecule has 4 aromatic rings. The summed E-state index contributed by atoms with van der Waals surface area (Å²) in [5.41, 5.74) is 3.28. The second-order valence-electron chi connectivity index (χ2n) is 8.43. The molecule has 0 bridgehead atoms. The van der Waals surface area contributed by atoms with Gasteiger partial charge in [-0.1, -0.05) is 0 Å². The number of morpholine rings is 1. The van der Waals surface area contributed by atoms with Crippen LogP contribution in [0.1, 0.15) is 35.9 Å². The van der Waals surface area contributed by atoms with E-state index in [0.717, 1.165) is 11.8 Å². The zero-order valence-electron chi connectivity index (χ0n) is 19.3. The fraction of sp³-hybridized carbons (Fsp3) is 0.333. The molecule has 2 atom stereocenters. The van der Waals surface area contributed by atoms with Crippen molar-refractivity contribution in [2.24, 2.45) is 0 Å². The molecule has 1 aromatic carbocycles. The van der Waals surface area contributed by atoms with Gasteiger partial charge in [0, 0.05) is 24.4 Å². The van der Waals surface area contributed by atoms with E-state index in [1.165, 1.54) is 12.1 Å². The molecule has 1 aliphatic rings. The van der Waals surface area contributed by atoms with E-state index in [1.807, 2.05) is 38.7 Å². The number of nitrogens with zero attached hydrogens (tertiary/aromatic N) is 7. The summed E-state index contributed by atoms with van der Waals surface area (Å²) in [6.45, 7) is 8.41. The number of rotatable bonds is 3. The molecular formula is C24H23F2N7O. The van der Waals surface area contributed by atoms with Crippen LogP contribution in [0.5, 0.6) is 0 Å². The van der Waals surface area contributed by atoms with Crippen molar-refractivity contribution in [3.8, 4) is 11.3 Å². The van der Waals surface area contributed by atoms with Gasteiger partial charge < -0.3 is 9.64 Å². The molecule has 0 aliphatic carbocycles. The van der Waals surface area contributed by atoms with Gasteiger partial charge in [0.15, 0.2) is 5.65 Å². The lowest BCUT2D eigenvalue weighted by Gasteiger charge is -2.36. The van der Waals surface area contributed by atoms with Crippen LogP contribution < -0.4 is 4.90 Å². The lowest BCUT2D eigenvalue weighted by atomic mass is 10.1. The van der Waals surface area contributed by atoms with Crippen LogP contribution in [-0.2, 0) is 4.74 Å². The van der Waals surface area contributed by atoms with Crippen LogP contribution in [0.4, 0.5) is 14.7 Å². The first-order valence-electron chi connectivity index (χ1n) is 11.0. The van der Waals surface area contributed by atoms with Gasteiger partial charge in [-0.25, -0.2) is 33.7 Å². The minimum Gasteiger partial charge on any atom is -0.365 e. The van der Waals surface area contributed by atoms with E-state index in [-0.39, 0.29) is 23.5 Å². The number of aryl methyl sites for hydroxylation is 3. The van der Waals surface area contributed by atoms with Crippen molar-refractivity contribution in [1.82, 2.24) is 29.9 Å². The van der Waals surface area contributed by atoms with E-state index in [1.54, 1.807) is 6.20 Å². The summed E-state index contributed by atoms with van der Waals surface area (Å²) in [5.74, 6) is -0.365. The summed E-state index contributed by atoms with van der Waals surface area (Å²) in [6.07, 6.45) is 1.25. The fourth-order valence-corrected chi connectivity index (χ4v) is 4.04. The third kappa shape index (κ3) is 4.16. The van der Waals surface area contributed by atoms with Gasteiger partial charge >= 0.3 is 0 Å². The van der Waals surface area contributed by atoms with Gasteiger partial charge in [-0.3, -0.25) is 0 Å². The molecule has 0 radical (unpaired) electrons. The lowest BCUT2D eigenvalue weighted by molar-refractivity contribution is -0.0201. The molecule has 10 heteroatoms. The van der Waals surface area contributed by atoms with Crippen molar-refractivity contribution in [2.75, 3.05) is 18.0 Å². The van der Waals surface area contributed by atoms with Crippen molar-refractivity contribution in [1.29, 1.82) is 0 Å². The van der Waals surface area contributed by atoms with Crippen molar-refractivity contribution in [2.45, 2.75) is 39.9 Å². The van der Waals surface area contributed by atoms with Crippen LogP contribution in [0, 0.1) is 32.4 Å². The number of halogens is 2. The maximum atomic E-state index is 14.8. The second-order valence-corrected chi connectivity index (χ2v) is 8.43. The zero-order valence-corrected chi connectivity index (χ0v) is 19.3. The first kappa shape index (κ1) is 22.1. The van der Waals surface area contributed by atoms with Crippen molar-refractivity contribution in [3.05, 3.63) is 65.0 Å². The molecular weight excluding hydrogens is 440 g/mol. The Labute approximate surface area is 195 Å². The maximum absolute atomic E-state index is 14.8. The average Bonchev–Trinajstić information content (AvgIpc) is 2.79. The standard InChI is InChI=1S/C24H23F2N7O/c1-12-10-33(11-20(34-12)19-7-8-27-15(4)30-19)24-31-21(17-6-5-16(25)9-18(17)26)22-23(32-24)29-14(3)13(2)28-22/h5-9,12,20H,10-11H2,1-4H3/t12-,20-/m1/s1. The number of fused-ring (bicyclic) bond motifs is 1. The average molecular weight is 463 g/mol. The molecule has 0 spiro atoms. The second kappa shape index (κ2) is 8.60. The molecule has 5 rings (SSSR count). The summed E-state index contributed by atoms with van der Waals surface area (Å²) in [7, 11) is 0. The summed E-state index contributed by atoms with van der Waals surface area (Å²) in [5, 5.41) is 0. The Kier molecular flexibility index (Phi) is 5.60. The third-order valence-corrected chi connectivity index (χ3v) is 5.79. The van der Waals surface area contributed by atoms with Crippen molar-refractivity contribution < 1.29 is 13.5 Å². The Morgan fingerprint density at radius 2 is 1.74 bits per heavy atom. The summed E-state index contributed by atoms with van der Waals surface area (Å²) >= 11 is 0. The molecule has 1 fully saturated rings. The van der Waals surface area contributed by atoms with E-state index < -0.39 is 11.6 Å². The van der Waals surface area contributed by atoms with Crippen LogP contribution in [-0.4, -0.2) is 49.1 Å². The van der Waals surface area contributed by atoms with Crippen molar-refractivity contribution in [3.63, 3.8) is 0 Å². The molecule has 1 aliphatic heterocycles. The predicted molar refractivity (Wildman–Crippen MR) is 122 cm³/mol. The Hall–Kier alpha value is -3.66. The quantitative estimate of drug-likeness (QED) is 0.450. The molecule has 34 heavy (non-hydrogen) atoms. The first-order chi connectivity index (χ1) is 16.3.